The van der Waals surface area contributed by atoms with E-state index >= 15 is 0 Å². The third-order valence-corrected chi connectivity index (χ3v) is 9.86. The van der Waals surface area contributed by atoms with E-state index in [1.54, 1.807) is 5.57 Å². The minimum Gasteiger partial charge on any atom is -0.393 e. The first-order valence-electron chi connectivity index (χ1n) is 14.2. The van der Waals surface area contributed by atoms with Crippen molar-refractivity contribution in [3.63, 3.8) is 0 Å². The van der Waals surface area contributed by atoms with Crippen molar-refractivity contribution in [2.45, 2.75) is 139 Å². The molecule has 0 radical (unpaired) electrons. The molecule has 1 nitrogen and oxygen atoms in total. The van der Waals surface area contributed by atoms with Gasteiger partial charge in [0.05, 0.1) is 6.10 Å². The lowest BCUT2D eigenvalue weighted by Crippen LogP contribution is -2.50. The number of hydrogen-bond donors (Lipinski definition) is 1. The van der Waals surface area contributed by atoms with E-state index in [-0.39, 0.29) is 6.10 Å². The number of aliphatic hydroxyl groups excluding tert-OH is 1. The van der Waals surface area contributed by atoms with Gasteiger partial charge in [0.1, 0.15) is 0 Å². The van der Waals surface area contributed by atoms with Crippen LogP contribution >= 0.6 is 0 Å². The summed E-state index contributed by atoms with van der Waals surface area (Å²) in [6, 6.07) is 0. The van der Waals surface area contributed by atoms with Crippen LogP contribution < -0.4 is 0 Å². The quantitative estimate of drug-likeness (QED) is 0.339. The number of hydrogen-bond acceptors (Lipinski definition) is 1. The van der Waals surface area contributed by atoms with Gasteiger partial charge >= 0.3 is 0 Å². The van der Waals surface area contributed by atoms with Crippen LogP contribution in [0.2, 0.25) is 0 Å². The fourth-order valence-corrected chi connectivity index (χ4v) is 8.17. The molecule has 0 heterocycles. The van der Waals surface area contributed by atoms with Gasteiger partial charge in [-0.05, 0) is 98.2 Å². The van der Waals surface area contributed by atoms with Crippen molar-refractivity contribution < 1.29 is 5.11 Å². The molecular weight excluding hydrogens is 376 g/mol. The van der Waals surface area contributed by atoms with Gasteiger partial charge in [0.15, 0.2) is 0 Å². The van der Waals surface area contributed by atoms with Gasteiger partial charge in [-0.1, -0.05) is 86.3 Å². The van der Waals surface area contributed by atoms with Gasteiger partial charge in [-0.3, -0.25) is 0 Å². The highest BCUT2D eigenvalue weighted by molar-refractivity contribution is 5.25. The lowest BCUT2D eigenvalue weighted by molar-refractivity contribution is -0.0508. The fourth-order valence-electron chi connectivity index (χ4n) is 8.17. The molecule has 0 aromatic carbocycles. The summed E-state index contributed by atoms with van der Waals surface area (Å²) in [4.78, 5) is 0. The maximum Gasteiger partial charge on any atom is 0.0577 e. The Hall–Kier alpha value is -0.300. The Morgan fingerprint density at radius 1 is 0.935 bits per heavy atom. The Morgan fingerprint density at radius 3 is 2.32 bits per heavy atom. The Kier molecular flexibility index (Phi) is 10.2. The zero-order chi connectivity index (χ0) is 23.2. The van der Waals surface area contributed by atoms with Crippen LogP contribution in [0.15, 0.2) is 11.6 Å². The van der Waals surface area contributed by atoms with Crippen LogP contribution in [0.5, 0.6) is 0 Å². The van der Waals surface area contributed by atoms with E-state index < -0.39 is 0 Å². The van der Waals surface area contributed by atoms with Crippen LogP contribution in [0, 0.1) is 40.4 Å². The average Bonchev–Trinajstić information content (AvgIpc) is 3.11. The molecule has 3 saturated carbocycles. The van der Waals surface area contributed by atoms with E-state index in [0.29, 0.717) is 10.8 Å². The Morgan fingerprint density at radius 2 is 1.65 bits per heavy atom. The van der Waals surface area contributed by atoms with E-state index in [9.17, 15) is 5.11 Å². The van der Waals surface area contributed by atoms with Crippen LogP contribution in [0.1, 0.15) is 132 Å². The van der Waals surface area contributed by atoms with Crippen molar-refractivity contribution in [1.82, 2.24) is 0 Å². The maximum absolute atomic E-state index is 10.2. The molecule has 4 rings (SSSR count). The van der Waals surface area contributed by atoms with Crippen molar-refractivity contribution in [2.75, 3.05) is 0 Å². The van der Waals surface area contributed by atoms with Gasteiger partial charge in [-0.25, -0.2) is 0 Å². The molecule has 0 aromatic rings. The number of rotatable bonds is 5. The highest BCUT2D eigenvalue weighted by Crippen LogP contribution is 2.66. The molecule has 3 fully saturated rings. The Bertz CT molecular complexity index is 563. The molecule has 0 aromatic heterocycles. The van der Waals surface area contributed by atoms with Gasteiger partial charge in [0, 0.05) is 0 Å². The number of fused-ring (bicyclic) bond motifs is 5. The van der Waals surface area contributed by atoms with E-state index in [2.05, 4.69) is 33.8 Å². The summed E-state index contributed by atoms with van der Waals surface area (Å²) < 4.78 is 0. The first-order valence-corrected chi connectivity index (χ1v) is 14.2. The first-order chi connectivity index (χ1) is 14.8. The molecule has 0 bridgehead atoms. The number of unbranched alkanes of at least 4 members (excludes halogenated alkanes) is 1. The predicted molar refractivity (Wildman–Crippen MR) is 137 cm³/mol. The molecule has 4 aliphatic rings. The second-order valence-corrected chi connectivity index (χ2v) is 11.7. The molecule has 1 heteroatoms. The highest BCUT2D eigenvalue weighted by atomic mass is 16.3. The molecular formula is C30H56O. The SMILES string of the molecule is CC.CC.CC(C)CCCC[C@H]1CCC2[C@@H]3CC=C4CC(O)CC[C@]4(C)C3CC[C@@]21C. The first kappa shape index (κ1) is 26.9. The van der Waals surface area contributed by atoms with Crippen molar-refractivity contribution in [3.05, 3.63) is 11.6 Å². The molecule has 3 unspecified atom stereocenters. The lowest BCUT2D eigenvalue weighted by atomic mass is 9.47. The molecule has 31 heavy (non-hydrogen) atoms. The van der Waals surface area contributed by atoms with Crippen LogP contribution in [0.3, 0.4) is 0 Å². The summed E-state index contributed by atoms with van der Waals surface area (Å²) in [6.45, 7) is 18.0. The summed E-state index contributed by atoms with van der Waals surface area (Å²) in [7, 11) is 0. The van der Waals surface area contributed by atoms with Crippen molar-refractivity contribution in [2.24, 2.45) is 40.4 Å². The third kappa shape index (κ3) is 5.44. The van der Waals surface area contributed by atoms with Crippen LogP contribution in [0.4, 0.5) is 0 Å². The normalized spacial score (nSPS) is 41.0. The van der Waals surface area contributed by atoms with Gasteiger partial charge in [0.2, 0.25) is 0 Å². The van der Waals surface area contributed by atoms with Crippen molar-refractivity contribution >= 4 is 0 Å². The molecule has 0 saturated heterocycles. The highest BCUT2D eigenvalue weighted by Gasteiger charge is 2.58. The largest absolute Gasteiger partial charge is 0.393 e. The number of aliphatic hydroxyl groups is 1. The van der Waals surface area contributed by atoms with Crippen LogP contribution in [0.25, 0.3) is 0 Å². The molecule has 0 aliphatic heterocycles. The van der Waals surface area contributed by atoms with E-state index in [4.69, 9.17) is 0 Å². The van der Waals surface area contributed by atoms with Gasteiger partial charge in [0.25, 0.3) is 0 Å². The predicted octanol–water partition coefficient (Wildman–Crippen LogP) is 9.20. The summed E-state index contributed by atoms with van der Waals surface area (Å²) in [5.74, 6) is 4.64. The zero-order valence-electron chi connectivity index (χ0n) is 22.5. The van der Waals surface area contributed by atoms with Gasteiger partial charge in [-0.15, -0.1) is 0 Å². The van der Waals surface area contributed by atoms with Crippen molar-refractivity contribution in [1.29, 1.82) is 0 Å². The van der Waals surface area contributed by atoms with E-state index in [1.807, 2.05) is 27.7 Å². The minimum atomic E-state index is -0.0727. The van der Waals surface area contributed by atoms with Crippen LogP contribution in [-0.2, 0) is 0 Å². The fraction of sp³-hybridized carbons (Fsp3) is 0.933. The second kappa shape index (κ2) is 11.7. The summed E-state index contributed by atoms with van der Waals surface area (Å²) in [5, 5.41) is 10.2. The summed E-state index contributed by atoms with van der Waals surface area (Å²) in [5.41, 5.74) is 2.64. The van der Waals surface area contributed by atoms with Crippen molar-refractivity contribution in [3.8, 4) is 0 Å². The van der Waals surface area contributed by atoms with E-state index in [1.165, 1.54) is 64.2 Å². The monoisotopic (exact) mass is 432 g/mol. The van der Waals surface area contributed by atoms with Gasteiger partial charge in [-0.2, -0.15) is 0 Å². The van der Waals surface area contributed by atoms with E-state index in [0.717, 1.165) is 42.4 Å². The second-order valence-electron chi connectivity index (χ2n) is 11.7. The lowest BCUT2D eigenvalue weighted by Gasteiger charge is -2.58. The Labute approximate surface area is 195 Å². The Balaban J connectivity index is 0.000000807. The summed E-state index contributed by atoms with van der Waals surface area (Å²) in [6.07, 6.45) is 18.7. The molecule has 0 spiro atoms. The molecule has 0 amide bonds. The standard InChI is InChI=1S/C26H44O.2C2H6/c1-18(2)7-5-6-8-19-10-12-23-22-11-9-20-17-21(27)13-15-26(20,4)24(22)14-16-25(19,23)3;2*1-2/h9,18-19,21-24,27H,5-8,10-17H2,1-4H3;2*1-2H3/t19-,21?,22-,23?,24?,25+,26-;;/m0../s1. The number of allylic oxidation sites excluding steroid dienone is 1. The summed E-state index contributed by atoms with van der Waals surface area (Å²) >= 11 is 0. The molecule has 4 aliphatic carbocycles. The molecule has 1 N–H and O–H groups in total. The average molecular weight is 433 g/mol. The third-order valence-electron chi connectivity index (χ3n) is 9.86. The van der Waals surface area contributed by atoms with Gasteiger partial charge < -0.3 is 5.11 Å². The minimum absolute atomic E-state index is 0.0727. The smallest absolute Gasteiger partial charge is 0.0577 e. The molecule has 182 valence electrons. The maximum atomic E-state index is 10.2. The topological polar surface area (TPSA) is 20.2 Å². The van der Waals surface area contributed by atoms with Crippen LogP contribution in [-0.4, -0.2) is 11.2 Å². The molecule has 7 atom stereocenters. The zero-order valence-corrected chi connectivity index (χ0v) is 22.5.